The van der Waals surface area contributed by atoms with E-state index in [-0.39, 0.29) is 0 Å². The van der Waals surface area contributed by atoms with Crippen LogP contribution in [0.25, 0.3) is 0 Å². The summed E-state index contributed by atoms with van der Waals surface area (Å²) in [5.41, 5.74) is 3.60. The van der Waals surface area contributed by atoms with Gasteiger partial charge in [-0.15, -0.1) is 0 Å². The van der Waals surface area contributed by atoms with Crippen LogP contribution < -0.4 is 5.32 Å². The molecule has 2 aromatic heterocycles. The van der Waals surface area contributed by atoms with Gasteiger partial charge >= 0.3 is 0 Å². The molecule has 0 saturated heterocycles. The summed E-state index contributed by atoms with van der Waals surface area (Å²) in [5, 5.41) is 3.12. The summed E-state index contributed by atoms with van der Waals surface area (Å²) in [6.07, 6.45) is 5.51. The fourth-order valence-electron chi connectivity index (χ4n) is 2.01. The van der Waals surface area contributed by atoms with Crippen LogP contribution >= 0.6 is 0 Å². The molecule has 4 nitrogen and oxygen atoms in total. The normalized spacial score (nSPS) is 13.2. The average Bonchev–Trinajstić information content (AvgIpc) is 2.80. The third kappa shape index (κ3) is 2.20. The number of anilines is 1. The molecular weight excluding hydrogens is 212 g/mol. The second-order valence-corrected chi connectivity index (χ2v) is 4.13. The van der Waals surface area contributed by atoms with E-state index in [9.17, 15) is 0 Å². The zero-order valence-corrected chi connectivity index (χ0v) is 9.48. The summed E-state index contributed by atoms with van der Waals surface area (Å²) in [6.45, 7) is 0.766. The number of fused-ring (bicyclic) bond motifs is 1. The molecule has 2 aromatic rings. The molecule has 0 aliphatic carbocycles. The van der Waals surface area contributed by atoms with Gasteiger partial charge in [0.2, 0.25) is 0 Å². The molecule has 3 rings (SSSR count). The van der Waals surface area contributed by atoms with Gasteiger partial charge in [0.25, 0.3) is 0 Å². The molecule has 0 aromatic carbocycles. The van der Waals surface area contributed by atoms with Crippen molar-refractivity contribution in [1.29, 1.82) is 0 Å². The first-order valence-electron chi connectivity index (χ1n) is 5.77. The number of pyridine rings is 1. The number of aromatic nitrogens is 2. The van der Waals surface area contributed by atoms with Crippen molar-refractivity contribution < 1.29 is 0 Å². The van der Waals surface area contributed by atoms with E-state index in [0.717, 1.165) is 30.9 Å². The Labute approximate surface area is 99.8 Å². The summed E-state index contributed by atoms with van der Waals surface area (Å²) in [4.78, 5) is 11.9. The number of hydrogen-bond donors (Lipinski definition) is 2. The smallest absolute Gasteiger partial charge is 0.113 e. The van der Waals surface area contributed by atoms with Crippen molar-refractivity contribution in [3.8, 4) is 0 Å². The Bertz CT molecular complexity index is 502. The topological polar surface area (TPSA) is 53.1 Å². The first-order valence-corrected chi connectivity index (χ1v) is 5.77. The maximum absolute atomic E-state index is 4.32. The lowest BCUT2D eigenvalue weighted by atomic mass is 10.1. The van der Waals surface area contributed by atoms with E-state index in [2.05, 4.69) is 32.4 Å². The van der Waals surface area contributed by atoms with Crippen LogP contribution in [0.2, 0.25) is 0 Å². The fraction of sp³-hybridized carbons (Fsp3) is 0.231. The van der Waals surface area contributed by atoms with Crippen LogP contribution in [-0.4, -0.2) is 16.3 Å². The van der Waals surface area contributed by atoms with Crippen molar-refractivity contribution in [3.63, 3.8) is 0 Å². The molecule has 4 heteroatoms. The van der Waals surface area contributed by atoms with E-state index in [1.54, 1.807) is 6.34 Å². The number of aliphatic imine (C=N–C) groups is 1. The third-order valence-electron chi connectivity index (χ3n) is 2.89. The second kappa shape index (κ2) is 4.41. The summed E-state index contributed by atoms with van der Waals surface area (Å²) in [5.74, 6) is 1.08. The Morgan fingerprint density at radius 2 is 2.24 bits per heavy atom. The number of hydrogen-bond acceptors (Lipinski definition) is 3. The Hall–Kier alpha value is -2.10. The molecule has 2 N–H and O–H groups in total. The Morgan fingerprint density at radius 3 is 3.06 bits per heavy atom. The maximum Gasteiger partial charge on any atom is 0.113 e. The zero-order chi connectivity index (χ0) is 11.5. The molecule has 0 radical (unpaired) electrons. The lowest BCUT2D eigenvalue weighted by Crippen LogP contribution is -2.03. The lowest BCUT2D eigenvalue weighted by molar-refractivity contribution is 0.889. The van der Waals surface area contributed by atoms with E-state index in [1.165, 1.54) is 11.3 Å². The van der Waals surface area contributed by atoms with Crippen LogP contribution in [0, 0.1) is 0 Å². The molecule has 0 spiro atoms. The minimum absolute atomic E-state index is 0.766. The minimum atomic E-state index is 0.766. The largest absolute Gasteiger partial charge is 0.345 e. The van der Waals surface area contributed by atoms with Gasteiger partial charge in [-0.2, -0.15) is 0 Å². The number of rotatable bonds is 3. The molecular formula is C13H14N4. The number of aromatic amines is 1. The number of nitrogens with zero attached hydrogens (tertiary/aromatic N) is 2. The average molecular weight is 226 g/mol. The first-order chi connectivity index (χ1) is 8.42. The van der Waals surface area contributed by atoms with Gasteiger partial charge in [0.15, 0.2) is 0 Å². The monoisotopic (exact) mass is 226 g/mol. The van der Waals surface area contributed by atoms with Crippen LogP contribution in [0.5, 0.6) is 0 Å². The van der Waals surface area contributed by atoms with Gasteiger partial charge in [0.1, 0.15) is 5.82 Å². The molecule has 0 unspecified atom stereocenters. The lowest BCUT2D eigenvalue weighted by Gasteiger charge is -2.04. The van der Waals surface area contributed by atoms with Gasteiger partial charge in [-0.05, 0) is 31.0 Å². The Morgan fingerprint density at radius 1 is 1.24 bits per heavy atom. The summed E-state index contributed by atoms with van der Waals surface area (Å²) >= 11 is 0. The first kappa shape index (κ1) is 10.1. The zero-order valence-electron chi connectivity index (χ0n) is 9.48. The van der Waals surface area contributed by atoms with E-state index in [1.807, 2.05) is 18.3 Å². The molecule has 0 amide bonds. The Balaban J connectivity index is 1.68. The number of nitrogens with one attached hydrogen (secondary N) is 2. The predicted molar refractivity (Wildman–Crippen MR) is 68.3 cm³/mol. The van der Waals surface area contributed by atoms with Gasteiger partial charge in [0, 0.05) is 23.1 Å². The van der Waals surface area contributed by atoms with Gasteiger partial charge in [-0.1, -0.05) is 6.07 Å². The standard InChI is InChI=1S/C13H14N4/c1-2-6-15-11(3-1)4-5-12-7-10-8-14-9-16-13(10)17-12/h1-3,6-7,9,17H,4-5,8H2,(H,14,16). The summed E-state index contributed by atoms with van der Waals surface area (Å²) in [7, 11) is 0. The molecule has 17 heavy (non-hydrogen) atoms. The molecule has 3 heterocycles. The fourth-order valence-corrected chi connectivity index (χ4v) is 2.01. The molecule has 0 fully saturated rings. The SMILES string of the molecule is C1=NCc2cc(CCc3ccccn3)[nH]c2N1. The molecule has 0 saturated carbocycles. The van der Waals surface area contributed by atoms with E-state index in [4.69, 9.17) is 0 Å². The van der Waals surface area contributed by atoms with Crippen LogP contribution in [0.15, 0.2) is 35.5 Å². The predicted octanol–water partition coefficient (Wildman–Crippen LogP) is 2.15. The van der Waals surface area contributed by atoms with Gasteiger partial charge in [0.05, 0.1) is 12.9 Å². The van der Waals surface area contributed by atoms with Crippen molar-refractivity contribution in [2.75, 3.05) is 5.32 Å². The second-order valence-electron chi connectivity index (χ2n) is 4.13. The van der Waals surface area contributed by atoms with Crippen molar-refractivity contribution in [1.82, 2.24) is 9.97 Å². The molecule has 1 aliphatic heterocycles. The van der Waals surface area contributed by atoms with Crippen molar-refractivity contribution in [2.45, 2.75) is 19.4 Å². The van der Waals surface area contributed by atoms with Gasteiger partial charge in [-0.3, -0.25) is 9.98 Å². The van der Waals surface area contributed by atoms with E-state index < -0.39 is 0 Å². The van der Waals surface area contributed by atoms with Crippen molar-refractivity contribution in [3.05, 3.63) is 47.4 Å². The summed E-state index contributed by atoms with van der Waals surface area (Å²) < 4.78 is 0. The van der Waals surface area contributed by atoms with E-state index >= 15 is 0 Å². The highest BCUT2D eigenvalue weighted by molar-refractivity contribution is 5.77. The number of aryl methyl sites for hydroxylation is 2. The van der Waals surface area contributed by atoms with Crippen molar-refractivity contribution in [2.24, 2.45) is 4.99 Å². The minimum Gasteiger partial charge on any atom is -0.345 e. The van der Waals surface area contributed by atoms with Gasteiger partial charge in [-0.25, -0.2) is 0 Å². The number of H-pyrrole nitrogens is 1. The van der Waals surface area contributed by atoms with E-state index in [0.29, 0.717) is 0 Å². The molecule has 86 valence electrons. The van der Waals surface area contributed by atoms with Crippen LogP contribution in [0.1, 0.15) is 17.0 Å². The Kier molecular flexibility index (Phi) is 2.62. The van der Waals surface area contributed by atoms with Crippen LogP contribution in [0.4, 0.5) is 5.82 Å². The van der Waals surface area contributed by atoms with Crippen molar-refractivity contribution >= 4 is 12.2 Å². The van der Waals surface area contributed by atoms with Crippen LogP contribution in [-0.2, 0) is 19.4 Å². The highest BCUT2D eigenvalue weighted by Gasteiger charge is 2.09. The maximum atomic E-state index is 4.32. The highest BCUT2D eigenvalue weighted by Crippen LogP contribution is 2.20. The third-order valence-corrected chi connectivity index (χ3v) is 2.89. The highest BCUT2D eigenvalue weighted by atomic mass is 15.1. The summed E-state index contributed by atoms with van der Waals surface area (Å²) in [6, 6.07) is 8.21. The van der Waals surface area contributed by atoms with Gasteiger partial charge < -0.3 is 10.3 Å². The van der Waals surface area contributed by atoms with Crippen LogP contribution in [0.3, 0.4) is 0 Å². The molecule has 0 atom stereocenters. The molecule has 0 bridgehead atoms. The molecule has 1 aliphatic rings. The quantitative estimate of drug-likeness (QED) is 0.842.